The SMILES string of the molecule is CCN1CCN(C(=O)NCCc2cccc(OC)c2)CC1. The van der Waals surface area contributed by atoms with E-state index in [2.05, 4.69) is 23.2 Å². The van der Waals surface area contributed by atoms with Crippen molar-refractivity contribution in [1.82, 2.24) is 15.1 Å². The van der Waals surface area contributed by atoms with Crippen LogP contribution >= 0.6 is 0 Å². The molecule has 116 valence electrons. The fourth-order valence-electron chi connectivity index (χ4n) is 2.52. The molecule has 0 bridgehead atoms. The highest BCUT2D eigenvalue weighted by molar-refractivity contribution is 5.74. The van der Waals surface area contributed by atoms with Crippen LogP contribution in [0.2, 0.25) is 0 Å². The van der Waals surface area contributed by atoms with E-state index in [0.29, 0.717) is 6.54 Å². The average Bonchev–Trinajstić information content (AvgIpc) is 2.55. The Kier molecular flexibility index (Phi) is 5.87. The Morgan fingerprint density at radius 3 is 2.71 bits per heavy atom. The minimum absolute atomic E-state index is 0.0497. The number of methoxy groups -OCH3 is 1. The third-order valence-corrected chi connectivity index (χ3v) is 3.93. The van der Waals surface area contributed by atoms with Crippen LogP contribution in [0.3, 0.4) is 0 Å². The molecule has 5 heteroatoms. The quantitative estimate of drug-likeness (QED) is 0.896. The first-order valence-corrected chi connectivity index (χ1v) is 7.61. The van der Waals surface area contributed by atoms with Crippen molar-refractivity contribution in [2.75, 3.05) is 46.4 Å². The number of hydrogen-bond acceptors (Lipinski definition) is 3. The third-order valence-electron chi connectivity index (χ3n) is 3.93. The Balaban J connectivity index is 1.72. The molecule has 1 aromatic carbocycles. The van der Waals surface area contributed by atoms with E-state index in [1.54, 1.807) is 7.11 Å². The number of amides is 2. The molecule has 0 radical (unpaired) electrons. The van der Waals surface area contributed by atoms with E-state index in [1.807, 2.05) is 23.1 Å². The van der Waals surface area contributed by atoms with Crippen molar-refractivity contribution in [3.05, 3.63) is 29.8 Å². The molecular weight excluding hydrogens is 266 g/mol. The number of ether oxygens (including phenoxy) is 1. The predicted octanol–water partition coefficient (Wildman–Crippen LogP) is 1.58. The molecule has 0 unspecified atom stereocenters. The second-order valence-electron chi connectivity index (χ2n) is 5.25. The standard InChI is InChI=1S/C16H25N3O2/c1-3-18-9-11-19(12-10-18)16(20)17-8-7-14-5-4-6-15(13-14)21-2/h4-6,13H,3,7-12H2,1-2H3,(H,17,20). The van der Waals surface area contributed by atoms with E-state index in [9.17, 15) is 4.79 Å². The third kappa shape index (κ3) is 4.63. The maximum absolute atomic E-state index is 12.1. The summed E-state index contributed by atoms with van der Waals surface area (Å²) < 4.78 is 5.20. The number of hydrogen-bond donors (Lipinski definition) is 1. The molecule has 0 saturated carbocycles. The summed E-state index contributed by atoms with van der Waals surface area (Å²) in [7, 11) is 1.66. The molecule has 0 aromatic heterocycles. The van der Waals surface area contributed by atoms with Crippen LogP contribution in [0.25, 0.3) is 0 Å². The minimum Gasteiger partial charge on any atom is -0.497 e. The number of nitrogens with one attached hydrogen (secondary N) is 1. The van der Waals surface area contributed by atoms with Crippen molar-refractivity contribution in [3.8, 4) is 5.75 Å². The van der Waals surface area contributed by atoms with E-state index in [1.165, 1.54) is 5.56 Å². The van der Waals surface area contributed by atoms with Gasteiger partial charge in [-0.2, -0.15) is 0 Å². The summed E-state index contributed by atoms with van der Waals surface area (Å²) in [6, 6.07) is 8.00. The van der Waals surface area contributed by atoms with Gasteiger partial charge in [-0.15, -0.1) is 0 Å². The van der Waals surface area contributed by atoms with Crippen molar-refractivity contribution in [3.63, 3.8) is 0 Å². The van der Waals surface area contributed by atoms with Gasteiger partial charge in [0.1, 0.15) is 5.75 Å². The fourth-order valence-corrected chi connectivity index (χ4v) is 2.52. The largest absolute Gasteiger partial charge is 0.497 e. The van der Waals surface area contributed by atoms with Crippen LogP contribution in [-0.2, 0) is 6.42 Å². The number of carbonyl (C=O) groups excluding carboxylic acids is 1. The highest BCUT2D eigenvalue weighted by atomic mass is 16.5. The van der Waals surface area contributed by atoms with Gasteiger partial charge in [0.15, 0.2) is 0 Å². The van der Waals surface area contributed by atoms with Gasteiger partial charge in [-0.1, -0.05) is 19.1 Å². The number of piperazine rings is 1. The molecule has 1 N–H and O–H groups in total. The Morgan fingerprint density at radius 1 is 1.29 bits per heavy atom. The fraction of sp³-hybridized carbons (Fsp3) is 0.562. The van der Waals surface area contributed by atoms with Crippen LogP contribution in [0.1, 0.15) is 12.5 Å². The molecule has 1 aliphatic rings. The Labute approximate surface area is 126 Å². The second kappa shape index (κ2) is 7.88. The molecule has 2 rings (SSSR count). The van der Waals surface area contributed by atoms with E-state index >= 15 is 0 Å². The number of carbonyl (C=O) groups is 1. The molecule has 0 atom stereocenters. The lowest BCUT2D eigenvalue weighted by Gasteiger charge is -2.34. The molecule has 0 spiro atoms. The van der Waals surface area contributed by atoms with Crippen molar-refractivity contribution in [1.29, 1.82) is 0 Å². The normalized spacial score (nSPS) is 15.8. The van der Waals surface area contributed by atoms with Gasteiger partial charge in [-0.25, -0.2) is 4.79 Å². The van der Waals surface area contributed by atoms with Crippen LogP contribution in [0.15, 0.2) is 24.3 Å². The highest BCUT2D eigenvalue weighted by Crippen LogP contribution is 2.12. The van der Waals surface area contributed by atoms with Crippen LogP contribution in [-0.4, -0.2) is 62.2 Å². The number of rotatable bonds is 5. The summed E-state index contributed by atoms with van der Waals surface area (Å²) in [6.45, 7) is 7.45. The summed E-state index contributed by atoms with van der Waals surface area (Å²) >= 11 is 0. The average molecular weight is 291 g/mol. The molecule has 1 fully saturated rings. The van der Waals surface area contributed by atoms with Gasteiger partial charge in [-0.3, -0.25) is 0 Å². The maximum Gasteiger partial charge on any atom is 0.317 e. The van der Waals surface area contributed by atoms with Crippen LogP contribution < -0.4 is 10.1 Å². The van der Waals surface area contributed by atoms with Gasteiger partial charge >= 0.3 is 6.03 Å². The Bertz CT molecular complexity index is 457. The van der Waals surface area contributed by atoms with E-state index in [-0.39, 0.29) is 6.03 Å². The molecule has 1 heterocycles. The smallest absolute Gasteiger partial charge is 0.317 e. The molecule has 1 aliphatic heterocycles. The van der Waals surface area contributed by atoms with E-state index in [0.717, 1.165) is 44.9 Å². The number of likely N-dealkylation sites (N-methyl/N-ethyl adjacent to an activating group) is 1. The van der Waals surface area contributed by atoms with Gasteiger partial charge in [0, 0.05) is 32.7 Å². The summed E-state index contributed by atoms with van der Waals surface area (Å²) in [6.07, 6.45) is 0.817. The minimum atomic E-state index is 0.0497. The van der Waals surface area contributed by atoms with Crippen molar-refractivity contribution in [2.45, 2.75) is 13.3 Å². The summed E-state index contributed by atoms with van der Waals surface area (Å²) in [5, 5.41) is 3.00. The van der Waals surface area contributed by atoms with Gasteiger partial charge in [-0.05, 0) is 30.7 Å². The van der Waals surface area contributed by atoms with Crippen LogP contribution in [0.5, 0.6) is 5.75 Å². The van der Waals surface area contributed by atoms with Gasteiger partial charge < -0.3 is 19.9 Å². The number of urea groups is 1. The monoisotopic (exact) mass is 291 g/mol. The lowest BCUT2D eigenvalue weighted by atomic mass is 10.1. The summed E-state index contributed by atoms with van der Waals surface area (Å²) in [5.74, 6) is 0.856. The zero-order valence-electron chi connectivity index (χ0n) is 13.0. The Morgan fingerprint density at radius 2 is 2.05 bits per heavy atom. The molecule has 1 saturated heterocycles. The second-order valence-corrected chi connectivity index (χ2v) is 5.25. The predicted molar refractivity (Wildman–Crippen MR) is 83.8 cm³/mol. The molecule has 2 amide bonds. The Hall–Kier alpha value is -1.75. The molecular formula is C16H25N3O2. The first-order chi connectivity index (χ1) is 10.2. The lowest BCUT2D eigenvalue weighted by Crippen LogP contribution is -2.51. The van der Waals surface area contributed by atoms with Crippen molar-refractivity contribution < 1.29 is 9.53 Å². The molecule has 21 heavy (non-hydrogen) atoms. The maximum atomic E-state index is 12.1. The van der Waals surface area contributed by atoms with Gasteiger partial charge in [0.2, 0.25) is 0 Å². The van der Waals surface area contributed by atoms with E-state index < -0.39 is 0 Å². The summed E-state index contributed by atoms with van der Waals surface area (Å²) in [4.78, 5) is 16.3. The first-order valence-electron chi connectivity index (χ1n) is 7.61. The zero-order chi connectivity index (χ0) is 15.1. The first kappa shape index (κ1) is 15.6. The molecule has 5 nitrogen and oxygen atoms in total. The topological polar surface area (TPSA) is 44.8 Å². The van der Waals surface area contributed by atoms with E-state index in [4.69, 9.17) is 4.74 Å². The highest BCUT2D eigenvalue weighted by Gasteiger charge is 2.19. The zero-order valence-corrected chi connectivity index (χ0v) is 13.0. The van der Waals surface area contributed by atoms with Crippen LogP contribution in [0, 0.1) is 0 Å². The lowest BCUT2D eigenvalue weighted by molar-refractivity contribution is 0.143. The molecule has 0 aliphatic carbocycles. The van der Waals surface area contributed by atoms with Gasteiger partial charge in [0.25, 0.3) is 0 Å². The van der Waals surface area contributed by atoms with Crippen molar-refractivity contribution >= 4 is 6.03 Å². The number of nitrogens with zero attached hydrogens (tertiary/aromatic N) is 2. The number of benzene rings is 1. The molecule has 1 aromatic rings. The van der Waals surface area contributed by atoms with Gasteiger partial charge in [0.05, 0.1) is 7.11 Å². The van der Waals surface area contributed by atoms with Crippen LogP contribution in [0.4, 0.5) is 4.79 Å². The van der Waals surface area contributed by atoms with Crippen molar-refractivity contribution in [2.24, 2.45) is 0 Å². The summed E-state index contributed by atoms with van der Waals surface area (Å²) in [5.41, 5.74) is 1.17.